The van der Waals surface area contributed by atoms with E-state index in [0.29, 0.717) is 11.6 Å². The predicted molar refractivity (Wildman–Crippen MR) is 150 cm³/mol. The van der Waals surface area contributed by atoms with Crippen molar-refractivity contribution >= 4 is 38.8 Å². The van der Waals surface area contributed by atoms with E-state index in [2.05, 4.69) is 52.0 Å². The molecular weight excluding hydrogens is 482 g/mol. The van der Waals surface area contributed by atoms with E-state index >= 15 is 0 Å². The fraction of sp³-hybridized carbons (Fsp3) is 0.367. The Morgan fingerprint density at radius 3 is 2.78 bits per heavy atom. The quantitative estimate of drug-likeness (QED) is 0.316. The zero-order valence-corrected chi connectivity index (χ0v) is 22.1. The van der Waals surface area contributed by atoms with Crippen molar-refractivity contribution in [2.75, 3.05) is 36.6 Å². The lowest BCUT2D eigenvalue weighted by Gasteiger charge is -2.32. The van der Waals surface area contributed by atoms with Crippen LogP contribution in [0.15, 0.2) is 60.0 Å². The van der Waals surface area contributed by atoms with Gasteiger partial charge in [-0.3, -0.25) is 4.79 Å². The number of aryl methyl sites for hydroxylation is 1. The van der Waals surface area contributed by atoms with Crippen molar-refractivity contribution in [3.63, 3.8) is 0 Å². The van der Waals surface area contributed by atoms with E-state index in [-0.39, 0.29) is 5.91 Å². The molecule has 7 heteroatoms. The first-order chi connectivity index (χ1) is 18.2. The first-order valence-corrected chi connectivity index (χ1v) is 14.0. The normalized spacial score (nSPS) is 16.1. The van der Waals surface area contributed by atoms with Gasteiger partial charge in [-0.25, -0.2) is 0 Å². The van der Waals surface area contributed by atoms with Crippen LogP contribution in [0.4, 0.5) is 11.4 Å². The summed E-state index contributed by atoms with van der Waals surface area (Å²) in [6.45, 7) is 4.29. The van der Waals surface area contributed by atoms with Gasteiger partial charge in [0.2, 0.25) is 0 Å². The minimum absolute atomic E-state index is 0.0623. The van der Waals surface area contributed by atoms with Gasteiger partial charge in [-0.05, 0) is 84.5 Å². The number of anilines is 2. The Morgan fingerprint density at radius 2 is 1.97 bits per heavy atom. The molecule has 6 nitrogen and oxygen atoms in total. The van der Waals surface area contributed by atoms with Crippen LogP contribution < -0.4 is 15.0 Å². The number of carbonyl (C=O) groups excluding carboxylic acids is 1. The molecule has 0 saturated carbocycles. The number of fused-ring (bicyclic) bond motifs is 2. The van der Waals surface area contributed by atoms with Crippen LogP contribution in [0.1, 0.15) is 40.9 Å². The lowest BCUT2D eigenvalue weighted by atomic mass is 9.98. The highest BCUT2D eigenvalue weighted by molar-refractivity contribution is 7.17. The second kappa shape index (κ2) is 10.6. The number of carbonyl (C=O) groups is 1. The Kier molecular flexibility index (Phi) is 6.89. The van der Waals surface area contributed by atoms with Crippen molar-refractivity contribution in [1.29, 1.82) is 0 Å². The lowest BCUT2D eigenvalue weighted by molar-refractivity contribution is 0.0497. The number of hydrogen-bond acceptors (Lipinski definition) is 5. The zero-order chi connectivity index (χ0) is 25.2. The fourth-order valence-electron chi connectivity index (χ4n) is 5.48. The molecule has 2 aliphatic heterocycles. The molecule has 1 N–H and O–H groups in total. The average Bonchev–Trinajstić information content (AvgIpc) is 3.52. The largest absolute Gasteiger partial charge is 0.493 e. The smallest absolute Gasteiger partial charge is 0.272 e. The standard InChI is InChI=1S/C30H33N3O3S/c1-32-27-13-17-37-29(27)18-28(32)30(34)31-25-5-2-6-26-24(25)4-3-14-33(26)19-21-7-9-23(10-8-21)36-20-22-11-15-35-16-12-22/h2,5-10,13,17-18,22H,3-4,11-12,14-16,19-20H2,1H3,(H,31,34). The van der Waals surface area contributed by atoms with Crippen LogP contribution in [0.2, 0.25) is 0 Å². The number of nitrogens with zero attached hydrogens (tertiary/aromatic N) is 2. The molecule has 4 heterocycles. The number of ether oxygens (including phenoxy) is 2. The maximum Gasteiger partial charge on any atom is 0.272 e. The highest BCUT2D eigenvalue weighted by atomic mass is 32.1. The molecule has 37 heavy (non-hydrogen) atoms. The molecule has 2 aromatic carbocycles. The fourth-order valence-corrected chi connectivity index (χ4v) is 6.32. The van der Waals surface area contributed by atoms with Crippen LogP contribution in [0.5, 0.6) is 5.75 Å². The molecular formula is C30H33N3O3S. The van der Waals surface area contributed by atoms with Gasteiger partial charge in [0, 0.05) is 44.7 Å². The number of rotatable bonds is 7. The van der Waals surface area contributed by atoms with E-state index in [4.69, 9.17) is 9.47 Å². The molecule has 0 radical (unpaired) electrons. The third-order valence-electron chi connectivity index (χ3n) is 7.61. The van der Waals surface area contributed by atoms with Gasteiger partial charge in [0.25, 0.3) is 5.91 Å². The van der Waals surface area contributed by atoms with Gasteiger partial charge < -0.3 is 24.3 Å². The third kappa shape index (κ3) is 5.11. The summed E-state index contributed by atoms with van der Waals surface area (Å²) < 4.78 is 14.6. The summed E-state index contributed by atoms with van der Waals surface area (Å²) in [4.78, 5) is 15.6. The molecule has 1 fully saturated rings. The number of amides is 1. The van der Waals surface area contributed by atoms with Gasteiger partial charge in [-0.2, -0.15) is 0 Å². The monoisotopic (exact) mass is 515 g/mol. The molecule has 0 bridgehead atoms. The van der Waals surface area contributed by atoms with Crippen LogP contribution >= 0.6 is 11.3 Å². The molecule has 1 amide bonds. The Balaban J connectivity index is 1.13. The van der Waals surface area contributed by atoms with Crippen molar-refractivity contribution in [1.82, 2.24) is 4.57 Å². The van der Waals surface area contributed by atoms with E-state index in [0.717, 1.165) is 80.2 Å². The van der Waals surface area contributed by atoms with Crippen LogP contribution in [0.25, 0.3) is 10.2 Å². The minimum Gasteiger partial charge on any atom is -0.493 e. The van der Waals surface area contributed by atoms with E-state index in [1.807, 2.05) is 29.8 Å². The maximum absolute atomic E-state index is 13.2. The second-order valence-electron chi connectivity index (χ2n) is 10.1. The molecule has 0 spiro atoms. The predicted octanol–water partition coefficient (Wildman–Crippen LogP) is 6.25. The number of benzene rings is 2. The number of thiophene rings is 1. The van der Waals surface area contributed by atoms with Gasteiger partial charge in [-0.1, -0.05) is 18.2 Å². The van der Waals surface area contributed by atoms with Crippen LogP contribution in [-0.4, -0.2) is 36.8 Å². The van der Waals surface area contributed by atoms with Crippen molar-refractivity contribution in [2.45, 2.75) is 32.2 Å². The van der Waals surface area contributed by atoms with E-state index in [9.17, 15) is 4.79 Å². The molecule has 1 saturated heterocycles. The molecule has 0 aliphatic carbocycles. The summed E-state index contributed by atoms with van der Waals surface area (Å²) in [5.41, 5.74) is 6.37. The number of nitrogens with one attached hydrogen (secondary N) is 1. The molecule has 192 valence electrons. The molecule has 2 aromatic heterocycles. The van der Waals surface area contributed by atoms with Crippen molar-refractivity contribution in [2.24, 2.45) is 13.0 Å². The van der Waals surface area contributed by atoms with Gasteiger partial charge in [0.1, 0.15) is 11.4 Å². The number of aromatic nitrogens is 1. The minimum atomic E-state index is -0.0623. The van der Waals surface area contributed by atoms with E-state index in [1.165, 1.54) is 16.8 Å². The van der Waals surface area contributed by atoms with Gasteiger partial charge in [-0.15, -0.1) is 11.3 Å². The highest BCUT2D eigenvalue weighted by Gasteiger charge is 2.22. The number of hydrogen-bond donors (Lipinski definition) is 1. The molecule has 6 rings (SSSR count). The molecule has 0 atom stereocenters. The van der Waals surface area contributed by atoms with Crippen LogP contribution in [0, 0.1) is 5.92 Å². The Labute approximate surface area is 221 Å². The average molecular weight is 516 g/mol. The SMILES string of the molecule is Cn1c(C(=O)Nc2cccc3c2CCCN3Cc2ccc(OCC3CCOCC3)cc2)cc2sccc21. The van der Waals surface area contributed by atoms with Crippen LogP contribution in [0.3, 0.4) is 0 Å². The summed E-state index contributed by atoms with van der Waals surface area (Å²) >= 11 is 1.66. The first kappa shape index (κ1) is 24.1. The summed E-state index contributed by atoms with van der Waals surface area (Å²) in [7, 11) is 1.95. The molecule has 4 aromatic rings. The second-order valence-corrected chi connectivity index (χ2v) is 11.0. The zero-order valence-electron chi connectivity index (χ0n) is 21.2. The van der Waals surface area contributed by atoms with E-state index in [1.54, 1.807) is 11.3 Å². The first-order valence-electron chi connectivity index (χ1n) is 13.2. The van der Waals surface area contributed by atoms with Crippen molar-refractivity contribution in [3.8, 4) is 5.75 Å². The third-order valence-corrected chi connectivity index (χ3v) is 8.47. The van der Waals surface area contributed by atoms with Gasteiger partial charge >= 0.3 is 0 Å². The summed E-state index contributed by atoms with van der Waals surface area (Å²) in [6, 6.07) is 18.8. The Morgan fingerprint density at radius 1 is 1.14 bits per heavy atom. The van der Waals surface area contributed by atoms with Gasteiger partial charge in [0.15, 0.2) is 0 Å². The topological polar surface area (TPSA) is 55.7 Å². The summed E-state index contributed by atoms with van der Waals surface area (Å²) in [5.74, 6) is 1.46. The maximum atomic E-state index is 13.2. The van der Waals surface area contributed by atoms with Crippen molar-refractivity contribution < 1.29 is 14.3 Å². The van der Waals surface area contributed by atoms with Crippen LogP contribution in [-0.2, 0) is 24.8 Å². The molecule has 0 unspecified atom stereocenters. The lowest BCUT2D eigenvalue weighted by Crippen LogP contribution is -2.29. The van der Waals surface area contributed by atoms with Gasteiger partial charge in [0.05, 0.1) is 16.8 Å². The highest BCUT2D eigenvalue weighted by Crippen LogP contribution is 2.34. The van der Waals surface area contributed by atoms with E-state index < -0.39 is 0 Å². The van der Waals surface area contributed by atoms with Crippen molar-refractivity contribution in [3.05, 3.63) is 76.8 Å². The summed E-state index contributed by atoms with van der Waals surface area (Å²) in [5, 5.41) is 5.26. The summed E-state index contributed by atoms with van der Waals surface area (Å²) in [6.07, 6.45) is 4.19. The molecule has 2 aliphatic rings. The Hall–Kier alpha value is -3.29. The Bertz CT molecular complexity index is 1390.